The van der Waals surface area contributed by atoms with Crippen LogP contribution in [0.1, 0.15) is 5.69 Å². The smallest absolute Gasteiger partial charge is 0.384 e. The van der Waals surface area contributed by atoms with Crippen LogP contribution in [-0.2, 0) is 16.6 Å². The van der Waals surface area contributed by atoms with Gasteiger partial charge in [0.05, 0.1) is 7.11 Å². The first-order valence-electron chi connectivity index (χ1n) is 3.32. The Morgan fingerprint density at radius 1 is 1.75 bits per heavy atom. The van der Waals surface area contributed by atoms with Gasteiger partial charge in [-0.3, -0.25) is 4.68 Å². The minimum atomic E-state index is -0.555. The fourth-order valence-corrected chi connectivity index (χ4v) is 0.648. The summed E-state index contributed by atoms with van der Waals surface area (Å²) in [6.45, 7) is 0. The summed E-state index contributed by atoms with van der Waals surface area (Å²) in [5.41, 5.74) is 0.558. The van der Waals surface area contributed by atoms with E-state index in [1.54, 1.807) is 24.0 Å². The van der Waals surface area contributed by atoms with E-state index in [9.17, 15) is 4.79 Å². The Balaban J connectivity index is 2.73. The highest BCUT2D eigenvalue weighted by atomic mass is 16.5. The van der Waals surface area contributed by atoms with Crippen LogP contribution in [0.3, 0.4) is 0 Å². The molecular weight excluding hydrogens is 156 g/mol. The molecule has 4 nitrogen and oxygen atoms in total. The fourth-order valence-electron chi connectivity index (χ4n) is 0.648. The molecule has 0 bridgehead atoms. The molecule has 0 amide bonds. The molecule has 62 valence electrons. The average molecular weight is 164 g/mol. The molecule has 12 heavy (non-hydrogen) atoms. The first-order valence-corrected chi connectivity index (χ1v) is 3.32. The highest BCUT2D eigenvalue weighted by Crippen LogP contribution is 1.89. The van der Waals surface area contributed by atoms with E-state index in [0.29, 0.717) is 5.69 Å². The highest BCUT2D eigenvalue weighted by Gasteiger charge is 1.92. The van der Waals surface area contributed by atoms with Crippen LogP contribution in [0.2, 0.25) is 0 Å². The molecule has 0 N–H and O–H groups in total. The number of methoxy groups -OCH3 is 1. The SMILES string of the molecule is COC(=O)C#Cc1ccn(C)n1. The number of ether oxygens (including phenoxy) is 1. The predicted molar refractivity (Wildman–Crippen MR) is 42.1 cm³/mol. The summed E-state index contributed by atoms with van der Waals surface area (Å²) in [4.78, 5) is 10.6. The largest absolute Gasteiger partial charge is 0.459 e. The zero-order valence-corrected chi connectivity index (χ0v) is 6.87. The number of nitrogens with zero attached hydrogens (tertiary/aromatic N) is 2. The van der Waals surface area contributed by atoms with Gasteiger partial charge in [-0.15, -0.1) is 0 Å². The average Bonchev–Trinajstić information content (AvgIpc) is 2.47. The second-order valence-corrected chi connectivity index (χ2v) is 2.12. The summed E-state index contributed by atoms with van der Waals surface area (Å²) >= 11 is 0. The van der Waals surface area contributed by atoms with Gasteiger partial charge in [-0.2, -0.15) is 5.10 Å². The van der Waals surface area contributed by atoms with E-state index in [1.165, 1.54) is 7.11 Å². The normalized spacial score (nSPS) is 8.50. The van der Waals surface area contributed by atoms with Crippen LogP contribution in [0.15, 0.2) is 12.3 Å². The number of carbonyl (C=O) groups is 1. The van der Waals surface area contributed by atoms with Gasteiger partial charge in [0.2, 0.25) is 0 Å². The van der Waals surface area contributed by atoms with Crippen LogP contribution in [-0.4, -0.2) is 22.9 Å². The van der Waals surface area contributed by atoms with Crippen LogP contribution in [0, 0.1) is 11.8 Å². The Kier molecular flexibility index (Phi) is 2.49. The number of hydrogen-bond acceptors (Lipinski definition) is 3. The quantitative estimate of drug-likeness (QED) is 0.398. The third kappa shape index (κ3) is 2.13. The monoisotopic (exact) mass is 164 g/mol. The van der Waals surface area contributed by atoms with E-state index in [2.05, 4.69) is 21.7 Å². The number of carbonyl (C=O) groups excluding carboxylic acids is 1. The van der Waals surface area contributed by atoms with E-state index >= 15 is 0 Å². The van der Waals surface area contributed by atoms with Crippen molar-refractivity contribution in [3.05, 3.63) is 18.0 Å². The first kappa shape index (κ1) is 8.34. The zero-order valence-electron chi connectivity index (χ0n) is 6.87. The summed E-state index contributed by atoms with van der Waals surface area (Å²) in [5.74, 6) is 4.28. The van der Waals surface area contributed by atoms with Gasteiger partial charge in [-0.1, -0.05) is 0 Å². The second-order valence-electron chi connectivity index (χ2n) is 2.12. The Bertz CT molecular complexity index is 343. The lowest BCUT2D eigenvalue weighted by Gasteiger charge is -1.83. The molecule has 0 aliphatic carbocycles. The third-order valence-corrected chi connectivity index (χ3v) is 1.19. The lowest BCUT2D eigenvalue weighted by atomic mass is 10.4. The maximum absolute atomic E-state index is 10.6. The summed E-state index contributed by atoms with van der Waals surface area (Å²) < 4.78 is 5.94. The van der Waals surface area contributed by atoms with E-state index < -0.39 is 5.97 Å². The molecule has 1 aromatic heterocycles. The lowest BCUT2D eigenvalue weighted by Crippen LogP contribution is -1.94. The van der Waals surface area contributed by atoms with Crippen molar-refractivity contribution in [2.24, 2.45) is 7.05 Å². The van der Waals surface area contributed by atoms with Gasteiger partial charge >= 0.3 is 5.97 Å². The highest BCUT2D eigenvalue weighted by molar-refractivity contribution is 5.88. The van der Waals surface area contributed by atoms with Crippen LogP contribution < -0.4 is 0 Å². The molecule has 1 heterocycles. The molecule has 0 fully saturated rings. The molecule has 1 rings (SSSR count). The molecule has 4 heteroatoms. The van der Waals surface area contributed by atoms with Crippen LogP contribution >= 0.6 is 0 Å². The minimum absolute atomic E-state index is 0.555. The number of aryl methyl sites for hydroxylation is 1. The van der Waals surface area contributed by atoms with Gasteiger partial charge in [-0.25, -0.2) is 4.79 Å². The third-order valence-electron chi connectivity index (χ3n) is 1.19. The van der Waals surface area contributed by atoms with Crippen LogP contribution in [0.5, 0.6) is 0 Å². The molecule has 0 saturated heterocycles. The van der Waals surface area contributed by atoms with Crippen molar-refractivity contribution in [2.45, 2.75) is 0 Å². The van der Waals surface area contributed by atoms with Crippen LogP contribution in [0.25, 0.3) is 0 Å². The first-order chi connectivity index (χ1) is 5.72. The van der Waals surface area contributed by atoms with Gasteiger partial charge in [0.25, 0.3) is 0 Å². The standard InChI is InChI=1S/C8H8N2O2/c1-10-6-5-7(9-10)3-4-8(11)12-2/h5-6H,1-2H3. The van der Waals surface area contributed by atoms with Gasteiger partial charge in [0.15, 0.2) is 0 Å². The van der Waals surface area contributed by atoms with E-state index in [4.69, 9.17) is 0 Å². The molecule has 0 unspecified atom stereocenters. The topological polar surface area (TPSA) is 44.1 Å². The molecular formula is C8H8N2O2. The van der Waals surface area contributed by atoms with E-state index in [0.717, 1.165) is 0 Å². The van der Waals surface area contributed by atoms with Gasteiger partial charge < -0.3 is 4.74 Å². The van der Waals surface area contributed by atoms with Crippen molar-refractivity contribution >= 4 is 5.97 Å². The molecule has 1 aromatic rings. The lowest BCUT2D eigenvalue weighted by molar-refractivity contribution is -0.133. The Hall–Kier alpha value is -1.76. The van der Waals surface area contributed by atoms with Gasteiger partial charge in [-0.05, 0) is 12.0 Å². The molecule has 0 aromatic carbocycles. The molecule has 0 atom stereocenters. The number of esters is 1. The summed E-state index contributed by atoms with van der Waals surface area (Å²) in [7, 11) is 3.07. The Morgan fingerprint density at radius 2 is 2.50 bits per heavy atom. The zero-order chi connectivity index (χ0) is 8.97. The van der Waals surface area contributed by atoms with Gasteiger partial charge in [0.1, 0.15) is 5.69 Å². The predicted octanol–water partition coefficient (Wildman–Crippen LogP) is -0.0554. The van der Waals surface area contributed by atoms with Crippen molar-refractivity contribution in [1.82, 2.24) is 9.78 Å². The molecule has 0 spiro atoms. The van der Waals surface area contributed by atoms with Crippen molar-refractivity contribution in [2.75, 3.05) is 7.11 Å². The maximum Gasteiger partial charge on any atom is 0.384 e. The summed E-state index contributed by atoms with van der Waals surface area (Å²) in [6.07, 6.45) is 1.75. The van der Waals surface area contributed by atoms with Crippen molar-refractivity contribution < 1.29 is 9.53 Å². The maximum atomic E-state index is 10.6. The molecule has 0 aliphatic heterocycles. The molecule has 0 saturated carbocycles. The molecule has 0 radical (unpaired) electrons. The number of rotatable bonds is 0. The van der Waals surface area contributed by atoms with Gasteiger partial charge in [0, 0.05) is 19.2 Å². The second kappa shape index (κ2) is 3.58. The van der Waals surface area contributed by atoms with Crippen molar-refractivity contribution in [3.63, 3.8) is 0 Å². The number of hydrogen-bond donors (Lipinski definition) is 0. The molecule has 0 aliphatic rings. The minimum Gasteiger partial charge on any atom is -0.459 e. The Labute approximate surface area is 70.1 Å². The van der Waals surface area contributed by atoms with Crippen molar-refractivity contribution in [3.8, 4) is 11.8 Å². The fraction of sp³-hybridized carbons (Fsp3) is 0.250. The van der Waals surface area contributed by atoms with E-state index in [1.807, 2.05) is 0 Å². The van der Waals surface area contributed by atoms with Crippen molar-refractivity contribution in [1.29, 1.82) is 0 Å². The summed E-state index contributed by atoms with van der Waals surface area (Å²) in [5, 5.41) is 3.95. The number of aromatic nitrogens is 2. The Morgan fingerprint density at radius 3 is 3.00 bits per heavy atom. The van der Waals surface area contributed by atoms with Crippen LogP contribution in [0.4, 0.5) is 0 Å². The van der Waals surface area contributed by atoms with E-state index in [-0.39, 0.29) is 0 Å². The summed E-state index contributed by atoms with van der Waals surface area (Å²) in [6, 6.07) is 1.72.